The molecule has 0 atom stereocenters. The lowest BCUT2D eigenvalue weighted by Crippen LogP contribution is -2.20. The minimum absolute atomic E-state index is 0.145. The first kappa shape index (κ1) is 24.8. The summed E-state index contributed by atoms with van der Waals surface area (Å²) >= 11 is 2.09. The van der Waals surface area contributed by atoms with Crippen LogP contribution in [-0.4, -0.2) is 30.2 Å². The first-order valence-corrected chi connectivity index (χ1v) is 11.4. The number of carbonyl (C=O) groups excluding carboxylic acids is 1. The Morgan fingerprint density at radius 3 is 2.35 bits per heavy atom. The minimum Gasteiger partial charge on any atom is -0.490 e. The number of anilines is 1. The molecule has 0 unspecified atom stereocenters. The summed E-state index contributed by atoms with van der Waals surface area (Å²) in [6.07, 6.45) is 1.69. The first-order chi connectivity index (χ1) is 16.4. The number of carbonyl (C=O) groups is 2. The zero-order valence-corrected chi connectivity index (χ0v) is 20.4. The highest BCUT2D eigenvalue weighted by Gasteiger charge is 2.15. The number of allylic oxidation sites excluding steroid dienone is 1. The van der Waals surface area contributed by atoms with E-state index in [9.17, 15) is 14.9 Å². The smallest absolute Gasteiger partial charge is 0.335 e. The standard InChI is InChI=1S/C26H21IN2O5/c1-2-33-23-14-17(12-20(15-28)18-8-10-19(11-9-18)26(31)32)13-22(27)25(23)34-16-24(30)29-21-6-4-3-5-7-21/h3-14H,2,16H2,1H3,(H,29,30)(H,31,32)/b20-12-. The topological polar surface area (TPSA) is 109 Å². The molecular weight excluding hydrogens is 547 g/mol. The lowest BCUT2D eigenvalue weighted by molar-refractivity contribution is -0.118. The van der Waals surface area contributed by atoms with Gasteiger partial charge < -0.3 is 19.9 Å². The van der Waals surface area contributed by atoms with E-state index in [0.717, 1.165) is 0 Å². The highest BCUT2D eigenvalue weighted by atomic mass is 127. The van der Waals surface area contributed by atoms with Gasteiger partial charge in [0.25, 0.3) is 5.91 Å². The molecule has 0 aliphatic heterocycles. The second kappa shape index (κ2) is 11.9. The summed E-state index contributed by atoms with van der Waals surface area (Å²) in [5.41, 5.74) is 2.49. The molecule has 0 aromatic heterocycles. The summed E-state index contributed by atoms with van der Waals surface area (Å²) in [4.78, 5) is 23.3. The monoisotopic (exact) mass is 568 g/mol. The Balaban J connectivity index is 1.82. The predicted octanol–water partition coefficient (Wildman–Crippen LogP) is 5.47. The van der Waals surface area contributed by atoms with Crippen LogP contribution >= 0.6 is 22.6 Å². The maximum absolute atomic E-state index is 12.3. The number of amides is 1. The highest BCUT2D eigenvalue weighted by Crippen LogP contribution is 2.35. The van der Waals surface area contributed by atoms with Crippen molar-refractivity contribution in [1.29, 1.82) is 5.26 Å². The molecule has 34 heavy (non-hydrogen) atoms. The fourth-order valence-corrected chi connectivity index (χ4v) is 3.85. The highest BCUT2D eigenvalue weighted by molar-refractivity contribution is 14.1. The second-order valence-electron chi connectivity index (χ2n) is 7.02. The largest absolute Gasteiger partial charge is 0.490 e. The van der Waals surface area contributed by atoms with E-state index in [0.29, 0.717) is 44.1 Å². The van der Waals surface area contributed by atoms with E-state index in [4.69, 9.17) is 14.6 Å². The number of benzene rings is 3. The average Bonchev–Trinajstić information content (AvgIpc) is 2.83. The van der Waals surface area contributed by atoms with Crippen molar-refractivity contribution in [2.24, 2.45) is 0 Å². The van der Waals surface area contributed by atoms with Crippen LogP contribution in [0.25, 0.3) is 11.6 Å². The zero-order valence-electron chi connectivity index (χ0n) is 18.2. The first-order valence-electron chi connectivity index (χ1n) is 10.3. The van der Waals surface area contributed by atoms with E-state index in [-0.39, 0.29) is 18.1 Å². The number of ether oxygens (including phenoxy) is 2. The van der Waals surface area contributed by atoms with Gasteiger partial charge >= 0.3 is 5.97 Å². The summed E-state index contributed by atoms with van der Waals surface area (Å²) in [5.74, 6) is -0.443. The van der Waals surface area contributed by atoms with Crippen LogP contribution in [-0.2, 0) is 4.79 Å². The van der Waals surface area contributed by atoms with Crippen molar-refractivity contribution in [2.45, 2.75) is 6.92 Å². The molecule has 3 aromatic carbocycles. The molecule has 0 aliphatic carbocycles. The van der Waals surface area contributed by atoms with Gasteiger partial charge in [0.05, 0.1) is 27.4 Å². The fraction of sp³-hybridized carbons (Fsp3) is 0.115. The van der Waals surface area contributed by atoms with Crippen LogP contribution in [0.15, 0.2) is 66.7 Å². The van der Waals surface area contributed by atoms with Gasteiger partial charge in [0.15, 0.2) is 18.1 Å². The molecule has 0 fully saturated rings. The van der Waals surface area contributed by atoms with E-state index < -0.39 is 5.97 Å². The molecule has 3 aromatic rings. The molecule has 0 bridgehead atoms. The number of nitrogens with zero attached hydrogens (tertiary/aromatic N) is 1. The normalized spacial score (nSPS) is 10.8. The lowest BCUT2D eigenvalue weighted by Gasteiger charge is -2.15. The summed E-state index contributed by atoms with van der Waals surface area (Å²) in [6, 6.07) is 20.9. The molecule has 0 saturated heterocycles. The number of para-hydroxylation sites is 1. The fourth-order valence-electron chi connectivity index (χ4n) is 3.07. The Labute approximate surface area is 210 Å². The van der Waals surface area contributed by atoms with Crippen molar-refractivity contribution in [3.05, 3.63) is 87.0 Å². The number of hydrogen-bond donors (Lipinski definition) is 2. The van der Waals surface area contributed by atoms with Gasteiger partial charge in [-0.1, -0.05) is 30.3 Å². The van der Waals surface area contributed by atoms with Gasteiger partial charge in [0, 0.05) is 5.69 Å². The van der Waals surface area contributed by atoms with Crippen molar-refractivity contribution in [2.75, 3.05) is 18.5 Å². The van der Waals surface area contributed by atoms with Gasteiger partial charge in [0.1, 0.15) is 0 Å². The number of carboxylic acid groups (broad SMARTS) is 1. The second-order valence-corrected chi connectivity index (χ2v) is 8.18. The molecule has 0 radical (unpaired) electrons. The van der Waals surface area contributed by atoms with Gasteiger partial charge in [-0.05, 0) is 83.1 Å². The number of hydrogen-bond acceptors (Lipinski definition) is 5. The molecule has 0 saturated carbocycles. The van der Waals surface area contributed by atoms with Crippen molar-refractivity contribution < 1.29 is 24.2 Å². The molecule has 2 N–H and O–H groups in total. The van der Waals surface area contributed by atoms with E-state index in [1.807, 2.05) is 31.2 Å². The van der Waals surface area contributed by atoms with Crippen LogP contribution in [0.1, 0.15) is 28.4 Å². The van der Waals surface area contributed by atoms with Crippen LogP contribution in [0.2, 0.25) is 0 Å². The van der Waals surface area contributed by atoms with Gasteiger partial charge in [0.2, 0.25) is 0 Å². The third-order valence-electron chi connectivity index (χ3n) is 4.61. The minimum atomic E-state index is -1.03. The summed E-state index contributed by atoms with van der Waals surface area (Å²) in [6.45, 7) is 2.03. The number of aromatic carboxylic acids is 1. The third kappa shape index (κ3) is 6.59. The Hall–Kier alpha value is -3.84. The van der Waals surface area contributed by atoms with E-state index in [1.165, 1.54) is 12.1 Å². The predicted molar refractivity (Wildman–Crippen MR) is 138 cm³/mol. The Kier molecular flexibility index (Phi) is 8.65. The molecule has 8 heteroatoms. The van der Waals surface area contributed by atoms with E-state index >= 15 is 0 Å². The molecule has 0 aliphatic rings. The molecule has 1 amide bonds. The van der Waals surface area contributed by atoms with Crippen molar-refractivity contribution in [3.63, 3.8) is 0 Å². The van der Waals surface area contributed by atoms with Gasteiger partial charge in [-0.3, -0.25) is 4.79 Å². The van der Waals surface area contributed by atoms with Crippen LogP contribution in [0.5, 0.6) is 11.5 Å². The van der Waals surface area contributed by atoms with E-state index in [1.54, 1.807) is 36.4 Å². The Bertz CT molecular complexity index is 1250. The molecule has 0 spiro atoms. The van der Waals surface area contributed by atoms with Gasteiger partial charge in [-0.2, -0.15) is 5.26 Å². The molecular formula is C26H21IN2O5. The van der Waals surface area contributed by atoms with Gasteiger partial charge in [-0.25, -0.2) is 4.79 Å². The van der Waals surface area contributed by atoms with Crippen molar-refractivity contribution in [3.8, 4) is 17.6 Å². The Morgan fingerprint density at radius 1 is 1.06 bits per heavy atom. The summed E-state index contributed by atoms with van der Waals surface area (Å²) in [5, 5.41) is 21.5. The summed E-state index contributed by atoms with van der Waals surface area (Å²) in [7, 11) is 0. The summed E-state index contributed by atoms with van der Waals surface area (Å²) < 4.78 is 12.2. The number of nitriles is 1. The molecule has 172 valence electrons. The van der Waals surface area contributed by atoms with Crippen molar-refractivity contribution in [1.82, 2.24) is 0 Å². The maximum Gasteiger partial charge on any atom is 0.335 e. The third-order valence-corrected chi connectivity index (χ3v) is 5.41. The number of carboxylic acids is 1. The van der Waals surface area contributed by atoms with Crippen LogP contribution < -0.4 is 14.8 Å². The van der Waals surface area contributed by atoms with Crippen LogP contribution in [0, 0.1) is 14.9 Å². The SMILES string of the molecule is CCOc1cc(/C=C(/C#N)c2ccc(C(=O)O)cc2)cc(I)c1OCC(=O)Nc1ccccc1. The van der Waals surface area contributed by atoms with Gasteiger partial charge in [-0.15, -0.1) is 0 Å². The lowest BCUT2D eigenvalue weighted by atomic mass is 10.0. The zero-order chi connectivity index (χ0) is 24.5. The molecule has 3 rings (SSSR count). The van der Waals surface area contributed by atoms with Crippen LogP contribution in [0.4, 0.5) is 5.69 Å². The molecule has 0 heterocycles. The number of rotatable bonds is 9. The maximum atomic E-state index is 12.3. The number of halogens is 1. The van der Waals surface area contributed by atoms with Crippen LogP contribution in [0.3, 0.4) is 0 Å². The molecule has 7 nitrogen and oxygen atoms in total. The number of nitrogens with one attached hydrogen (secondary N) is 1. The average molecular weight is 568 g/mol. The van der Waals surface area contributed by atoms with Crippen molar-refractivity contribution >= 4 is 51.8 Å². The van der Waals surface area contributed by atoms with E-state index in [2.05, 4.69) is 34.0 Å². The Morgan fingerprint density at radius 2 is 1.74 bits per heavy atom. The quantitative estimate of drug-likeness (QED) is 0.201.